The molecule has 2 heteroatoms. The van der Waals surface area contributed by atoms with E-state index in [4.69, 9.17) is 0 Å². The zero-order valence-electron chi connectivity index (χ0n) is 14.6. The van der Waals surface area contributed by atoms with E-state index in [9.17, 15) is 0 Å². The highest BCUT2D eigenvalue weighted by atomic mass is 15.1. The maximum Gasteiger partial charge on any atom is 0.0660 e. The molecule has 0 saturated carbocycles. The maximum absolute atomic E-state index is 2.31. The molecule has 2 aliphatic heterocycles. The molecule has 4 rings (SSSR count). The first-order chi connectivity index (χ1) is 12.2. The second-order valence-corrected chi connectivity index (χ2v) is 6.45. The smallest absolute Gasteiger partial charge is 0.0660 e. The maximum atomic E-state index is 2.31. The van der Waals surface area contributed by atoms with E-state index in [2.05, 4.69) is 115 Å². The Kier molecular flexibility index (Phi) is 4.02. The summed E-state index contributed by atoms with van der Waals surface area (Å²) in [6.45, 7) is 0. The van der Waals surface area contributed by atoms with Crippen LogP contribution in [0.15, 0.2) is 84.6 Å². The fourth-order valence-corrected chi connectivity index (χ4v) is 3.43. The van der Waals surface area contributed by atoms with Crippen LogP contribution in [0.5, 0.6) is 0 Å². The standard InChI is InChI=1S/C23H22N2/c1-24-20(16-14-18-8-3-5-12-22(18)24)10-7-11-21-17-15-19-9-4-6-13-23(19)25(21)2/h3-17,20H,1-2H3/b10-7+,21-11-. The van der Waals surface area contributed by atoms with Crippen molar-refractivity contribution >= 4 is 23.5 Å². The molecule has 1 atom stereocenters. The lowest BCUT2D eigenvalue weighted by atomic mass is 10.0. The van der Waals surface area contributed by atoms with Crippen molar-refractivity contribution in [3.63, 3.8) is 0 Å². The van der Waals surface area contributed by atoms with Gasteiger partial charge >= 0.3 is 0 Å². The van der Waals surface area contributed by atoms with Gasteiger partial charge in [-0.15, -0.1) is 0 Å². The van der Waals surface area contributed by atoms with Crippen LogP contribution in [0.25, 0.3) is 12.2 Å². The summed E-state index contributed by atoms with van der Waals surface area (Å²) in [5, 5.41) is 0. The number of nitrogens with zero attached hydrogens (tertiary/aromatic N) is 2. The minimum absolute atomic E-state index is 0.275. The minimum Gasteiger partial charge on any atom is -0.364 e. The van der Waals surface area contributed by atoms with E-state index in [0.29, 0.717) is 0 Å². The molecule has 2 nitrogen and oxygen atoms in total. The molecule has 0 spiro atoms. The van der Waals surface area contributed by atoms with Crippen LogP contribution in [-0.4, -0.2) is 20.1 Å². The van der Waals surface area contributed by atoms with Gasteiger partial charge in [-0.2, -0.15) is 0 Å². The molecule has 0 N–H and O–H groups in total. The summed E-state index contributed by atoms with van der Waals surface area (Å²) < 4.78 is 0. The fraction of sp³-hybridized carbons (Fsp3) is 0.130. The number of allylic oxidation sites excluding steroid dienone is 3. The number of likely N-dealkylation sites (N-methyl/N-ethyl adjacent to an activating group) is 2. The molecule has 2 aliphatic rings. The largest absolute Gasteiger partial charge is 0.364 e. The van der Waals surface area contributed by atoms with Crippen LogP contribution in [-0.2, 0) is 0 Å². The predicted octanol–water partition coefficient (Wildman–Crippen LogP) is 5.12. The zero-order chi connectivity index (χ0) is 17.2. The molecule has 124 valence electrons. The highest BCUT2D eigenvalue weighted by Crippen LogP contribution is 2.30. The van der Waals surface area contributed by atoms with Crippen molar-refractivity contribution in [3.8, 4) is 0 Å². The van der Waals surface area contributed by atoms with E-state index in [0.717, 1.165) is 0 Å². The van der Waals surface area contributed by atoms with Gasteiger partial charge < -0.3 is 9.80 Å². The van der Waals surface area contributed by atoms with Crippen molar-refractivity contribution in [2.24, 2.45) is 0 Å². The van der Waals surface area contributed by atoms with Gasteiger partial charge in [0.25, 0.3) is 0 Å². The first kappa shape index (κ1) is 15.5. The van der Waals surface area contributed by atoms with Gasteiger partial charge in [-0.1, -0.05) is 66.8 Å². The third-order valence-corrected chi connectivity index (χ3v) is 4.93. The molecule has 2 aromatic rings. The van der Waals surface area contributed by atoms with Crippen LogP contribution in [0.1, 0.15) is 11.1 Å². The molecule has 2 heterocycles. The van der Waals surface area contributed by atoms with Crippen molar-refractivity contribution in [1.82, 2.24) is 0 Å². The van der Waals surface area contributed by atoms with Crippen molar-refractivity contribution < 1.29 is 0 Å². The lowest BCUT2D eigenvalue weighted by molar-refractivity contribution is 0.885. The van der Waals surface area contributed by atoms with Crippen LogP contribution in [0.3, 0.4) is 0 Å². The summed E-state index contributed by atoms with van der Waals surface area (Å²) in [5.74, 6) is 0. The summed E-state index contributed by atoms with van der Waals surface area (Å²) in [7, 11) is 4.26. The first-order valence-corrected chi connectivity index (χ1v) is 8.63. The number of benzene rings is 2. The Morgan fingerprint density at radius 3 is 2.28 bits per heavy atom. The molecule has 0 fully saturated rings. The van der Waals surface area contributed by atoms with Crippen molar-refractivity contribution in [2.75, 3.05) is 23.9 Å². The van der Waals surface area contributed by atoms with Gasteiger partial charge in [0.05, 0.1) is 6.04 Å². The summed E-state index contributed by atoms with van der Waals surface area (Å²) in [4.78, 5) is 4.54. The second kappa shape index (κ2) is 6.48. The van der Waals surface area contributed by atoms with Crippen LogP contribution >= 0.6 is 0 Å². The molecule has 1 unspecified atom stereocenters. The molecular weight excluding hydrogens is 304 g/mol. The third kappa shape index (κ3) is 2.91. The van der Waals surface area contributed by atoms with Crippen LogP contribution in [0, 0.1) is 0 Å². The average Bonchev–Trinajstić information content (AvgIpc) is 2.66. The van der Waals surface area contributed by atoms with Gasteiger partial charge in [0, 0.05) is 31.2 Å². The van der Waals surface area contributed by atoms with Crippen molar-refractivity contribution in [1.29, 1.82) is 0 Å². The Hall–Kier alpha value is -3.00. The molecule has 25 heavy (non-hydrogen) atoms. The van der Waals surface area contributed by atoms with Crippen molar-refractivity contribution in [2.45, 2.75) is 6.04 Å². The molecule has 2 aromatic carbocycles. The first-order valence-electron chi connectivity index (χ1n) is 8.63. The highest BCUT2D eigenvalue weighted by molar-refractivity contribution is 5.76. The van der Waals surface area contributed by atoms with Crippen LogP contribution in [0.4, 0.5) is 11.4 Å². The Morgan fingerprint density at radius 1 is 0.800 bits per heavy atom. The summed E-state index contributed by atoms with van der Waals surface area (Å²) in [5.41, 5.74) is 6.25. The molecule has 0 aromatic heterocycles. The van der Waals surface area contributed by atoms with E-state index < -0.39 is 0 Å². The topological polar surface area (TPSA) is 6.48 Å². The van der Waals surface area contributed by atoms with Gasteiger partial charge in [-0.3, -0.25) is 0 Å². The van der Waals surface area contributed by atoms with E-state index in [1.807, 2.05) is 0 Å². The lowest BCUT2D eigenvalue weighted by Gasteiger charge is -2.30. The Balaban J connectivity index is 1.53. The molecule has 0 radical (unpaired) electrons. The lowest BCUT2D eigenvalue weighted by Crippen LogP contribution is -2.30. The monoisotopic (exact) mass is 326 g/mol. The summed E-state index contributed by atoms with van der Waals surface area (Å²) >= 11 is 0. The second-order valence-electron chi connectivity index (χ2n) is 6.45. The number of anilines is 2. The Morgan fingerprint density at radius 2 is 1.48 bits per heavy atom. The normalized spacial score (nSPS) is 20.2. The highest BCUT2D eigenvalue weighted by Gasteiger charge is 2.16. The fourth-order valence-electron chi connectivity index (χ4n) is 3.43. The van der Waals surface area contributed by atoms with Gasteiger partial charge in [0.15, 0.2) is 0 Å². The Labute approximate surface area is 149 Å². The number of para-hydroxylation sites is 2. The number of rotatable bonds is 2. The van der Waals surface area contributed by atoms with Crippen LogP contribution < -0.4 is 9.80 Å². The summed E-state index contributed by atoms with van der Waals surface area (Å²) in [6.07, 6.45) is 15.4. The minimum atomic E-state index is 0.275. The van der Waals surface area contributed by atoms with Crippen LogP contribution in [0.2, 0.25) is 0 Å². The van der Waals surface area contributed by atoms with Crippen molar-refractivity contribution in [3.05, 3.63) is 95.7 Å². The molecule has 0 bridgehead atoms. The number of hydrogen-bond acceptors (Lipinski definition) is 2. The van der Waals surface area contributed by atoms with Gasteiger partial charge in [-0.05, 0) is 35.4 Å². The Bertz CT molecular complexity index is 902. The molecule has 0 saturated heterocycles. The van der Waals surface area contributed by atoms with Gasteiger partial charge in [0.1, 0.15) is 0 Å². The van der Waals surface area contributed by atoms with E-state index in [-0.39, 0.29) is 6.04 Å². The van der Waals surface area contributed by atoms with E-state index >= 15 is 0 Å². The zero-order valence-corrected chi connectivity index (χ0v) is 14.6. The molecule has 0 amide bonds. The van der Waals surface area contributed by atoms with Gasteiger partial charge in [-0.25, -0.2) is 0 Å². The van der Waals surface area contributed by atoms with E-state index in [1.54, 1.807) is 0 Å². The third-order valence-electron chi connectivity index (χ3n) is 4.93. The number of fused-ring (bicyclic) bond motifs is 2. The SMILES string of the molecule is CN1/C(=C\C=C\C2C=Cc3ccccc3N2C)C=Cc2ccccc21. The predicted molar refractivity (Wildman–Crippen MR) is 109 cm³/mol. The summed E-state index contributed by atoms with van der Waals surface area (Å²) in [6, 6.07) is 17.2. The van der Waals surface area contributed by atoms with E-state index in [1.165, 1.54) is 28.2 Å². The molecular formula is C23H22N2. The quantitative estimate of drug-likeness (QED) is 0.755. The number of hydrogen-bond donors (Lipinski definition) is 0. The molecule has 0 aliphatic carbocycles. The van der Waals surface area contributed by atoms with Gasteiger partial charge in [0.2, 0.25) is 0 Å². The average molecular weight is 326 g/mol.